The lowest BCUT2D eigenvalue weighted by Crippen LogP contribution is -2.30. The van der Waals surface area contributed by atoms with Crippen molar-refractivity contribution in [2.24, 2.45) is 5.73 Å². The summed E-state index contributed by atoms with van der Waals surface area (Å²) in [4.78, 5) is 24.2. The molecule has 26 heavy (non-hydrogen) atoms. The van der Waals surface area contributed by atoms with Crippen molar-refractivity contribution in [3.63, 3.8) is 0 Å². The van der Waals surface area contributed by atoms with E-state index in [1.54, 1.807) is 48.5 Å². The number of rotatable bonds is 7. The zero-order valence-corrected chi connectivity index (χ0v) is 14.3. The van der Waals surface area contributed by atoms with Crippen LogP contribution in [0, 0.1) is 0 Å². The number of hydrogen-bond acceptors (Lipinski definition) is 4. The minimum atomic E-state index is -0.258. The summed E-state index contributed by atoms with van der Waals surface area (Å²) in [5, 5.41) is 8.40. The lowest BCUT2D eigenvalue weighted by molar-refractivity contribution is 0.102. The van der Waals surface area contributed by atoms with Gasteiger partial charge in [0.1, 0.15) is 12.4 Å². The van der Waals surface area contributed by atoms with Gasteiger partial charge in [-0.1, -0.05) is 6.07 Å². The lowest BCUT2D eigenvalue weighted by Gasteiger charge is -2.10. The molecule has 1 aliphatic carbocycles. The van der Waals surface area contributed by atoms with Crippen molar-refractivity contribution in [3.05, 3.63) is 54.1 Å². The summed E-state index contributed by atoms with van der Waals surface area (Å²) in [6, 6.07) is 13.9. The van der Waals surface area contributed by atoms with E-state index >= 15 is 0 Å². The van der Waals surface area contributed by atoms with Crippen molar-refractivity contribution in [3.8, 4) is 5.75 Å². The third kappa shape index (κ3) is 5.22. The number of carbonyl (C=O) groups is 2. The Labute approximate surface area is 151 Å². The number of nitrogens with two attached hydrogens (primary N) is 1. The van der Waals surface area contributed by atoms with Gasteiger partial charge in [-0.25, -0.2) is 4.79 Å². The second kappa shape index (κ2) is 8.35. The molecular weight excluding hydrogens is 332 g/mol. The van der Waals surface area contributed by atoms with Gasteiger partial charge < -0.3 is 26.4 Å². The molecule has 3 amide bonds. The lowest BCUT2D eigenvalue weighted by atomic mass is 10.2. The van der Waals surface area contributed by atoms with Crippen LogP contribution in [0.5, 0.6) is 5.75 Å². The first-order valence-electron chi connectivity index (χ1n) is 8.56. The first kappa shape index (κ1) is 17.8. The summed E-state index contributed by atoms with van der Waals surface area (Å²) in [6.07, 6.45) is 2.04. The maximum Gasteiger partial charge on any atom is 0.319 e. The number of anilines is 2. The highest BCUT2D eigenvalue weighted by Crippen LogP contribution is 2.20. The average molecular weight is 354 g/mol. The van der Waals surface area contributed by atoms with Crippen LogP contribution in [0.2, 0.25) is 0 Å². The van der Waals surface area contributed by atoms with Crippen LogP contribution < -0.4 is 26.4 Å². The van der Waals surface area contributed by atoms with Gasteiger partial charge in [-0.15, -0.1) is 0 Å². The van der Waals surface area contributed by atoms with Crippen LogP contribution in [0.3, 0.4) is 0 Å². The van der Waals surface area contributed by atoms with E-state index < -0.39 is 0 Å². The van der Waals surface area contributed by atoms with Crippen LogP contribution in [-0.2, 0) is 0 Å². The average Bonchev–Trinajstić information content (AvgIpc) is 3.45. The number of urea groups is 1. The predicted molar refractivity (Wildman–Crippen MR) is 101 cm³/mol. The van der Waals surface area contributed by atoms with Gasteiger partial charge in [0.2, 0.25) is 0 Å². The van der Waals surface area contributed by atoms with Gasteiger partial charge in [-0.2, -0.15) is 0 Å². The summed E-state index contributed by atoms with van der Waals surface area (Å²) in [6.45, 7) is 0.890. The summed E-state index contributed by atoms with van der Waals surface area (Å²) in [5.74, 6) is 0.438. The number of benzene rings is 2. The summed E-state index contributed by atoms with van der Waals surface area (Å²) in [7, 11) is 0. The Hall–Kier alpha value is -3.06. The molecule has 1 fully saturated rings. The molecule has 0 spiro atoms. The third-order valence-electron chi connectivity index (χ3n) is 3.79. The Balaban J connectivity index is 1.58. The number of carbonyl (C=O) groups excluding carboxylic acids is 2. The topological polar surface area (TPSA) is 105 Å². The first-order chi connectivity index (χ1) is 12.6. The molecule has 7 nitrogen and oxygen atoms in total. The molecule has 5 N–H and O–H groups in total. The normalized spacial score (nSPS) is 13.0. The fourth-order valence-corrected chi connectivity index (χ4v) is 2.33. The van der Waals surface area contributed by atoms with Crippen LogP contribution in [-0.4, -0.2) is 31.1 Å². The Morgan fingerprint density at radius 2 is 1.81 bits per heavy atom. The molecule has 136 valence electrons. The highest BCUT2D eigenvalue weighted by molar-refractivity contribution is 6.05. The van der Waals surface area contributed by atoms with Crippen LogP contribution >= 0.6 is 0 Å². The van der Waals surface area contributed by atoms with E-state index in [0.717, 1.165) is 12.8 Å². The molecule has 0 heterocycles. The standard InChI is InChI=1S/C19H22N4O3/c20-10-11-26-17-8-6-14(7-9-17)21-18(24)13-2-1-3-16(12-13)23-19(25)22-15-4-5-15/h1-3,6-9,12,15H,4-5,10-11,20H2,(H,21,24)(H2,22,23,25). The predicted octanol–water partition coefficient (Wildman–Crippen LogP) is 2.56. The van der Waals surface area contributed by atoms with Crippen molar-refractivity contribution in [2.45, 2.75) is 18.9 Å². The zero-order chi connectivity index (χ0) is 18.4. The van der Waals surface area contributed by atoms with E-state index in [1.165, 1.54) is 0 Å². The number of ether oxygens (including phenoxy) is 1. The van der Waals surface area contributed by atoms with Gasteiger partial charge in [-0.05, 0) is 55.3 Å². The molecule has 1 aliphatic rings. The fraction of sp³-hybridized carbons (Fsp3) is 0.263. The zero-order valence-electron chi connectivity index (χ0n) is 14.3. The highest BCUT2D eigenvalue weighted by Gasteiger charge is 2.23. The van der Waals surface area contributed by atoms with E-state index in [9.17, 15) is 9.59 Å². The molecule has 0 unspecified atom stereocenters. The Morgan fingerprint density at radius 1 is 1.04 bits per heavy atom. The van der Waals surface area contributed by atoms with E-state index in [0.29, 0.717) is 35.8 Å². The van der Waals surface area contributed by atoms with Gasteiger partial charge in [0.15, 0.2) is 0 Å². The maximum atomic E-state index is 12.4. The van der Waals surface area contributed by atoms with Crippen molar-refractivity contribution in [1.29, 1.82) is 0 Å². The molecule has 0 aromatic heterocycles. The quantitative estimate of drug-likeness (QED) is 0.613. The summed E-state index contributed by atoms with van der Waals surface area (Å²) >= 11 is 0. The van der Waals surface area contributed by atoms with Gasteiger partial charge in [-0.3, -0.25) is 4.79 Å². The van der Waals surface area contributed by atoms with Gasteiger partial charge >= 0.3 is 6.03 Å². The summed E-state index contributed by atoms with van der Waals surface area (Å²) in [5.41, 5.74) is 7.07. The molecule has 1 saturated carbocycles. The van der Waals surface area contributed by atoms with Crippen molar-refractivity contribution in [1.82, 2.24) is 5.32 Å². The van der Waals surface area contributed by atoms with Crippen LogP contribution in [0.15, 0.2) is 48.5 Å². The molecule has 0 atom stereocenters. The number of hydrogen-bond donors (Lipinski definition) is 4. The summed E-state index contributed by atoms with van der Waals surface area (Å²) < 4.78 is 5.40. The Kier molecular flexibility index (Phi) is 5.70. The minimum Gasteiger partial charge on any atom is -0.492 e. The first-order valence-corrected chi connectivity index (χ1v) is 8.56. The van der Waals surface area contributed by atoms with Crippen LogP contribution in [0.25, 0.3) is 0 Å². The smallest absolute Gasteiger partial charge is 0.319 e. The second-order valence-corrected chi connectivity index (χ2v) is 6.07. The maximum absolute atomic E-state index is 12.4. The van der Waals surface area contributed by atoms with Gasteiger partial charge in [0.05, 0.1) is 0 Å². The molecule has 3 rings (SSSR count). The van der Waals surface area contributed by atoms with Crippen molar-refractivity contribution < 1.29 is 14.3 Å². The molecule has 2 aromatic rings. The molecule has 2 aromatic carbocycles. The van der Waals surface area contributed by atoms with Crippen LogP contribution in [0.1, 0.15) is 23.2 Å². The van der Waals surface area contributed by atoms with E-state index in [2.05, 4.69) is 16.0 Å². The SMILES string of the molecule is NCCOc1ccc(NC(=O)c2cccc(NC(=O)NC3CC3)c2)cc1. The van der Waals surface area contributed by atoms with Crippen LogP contribution in [0.4, 0.5) is 16.2 Å². The molecule has 0 aliphatic heterocycles. The molecule has 7 heteroatoms. The molecule has 0 saturated heterocycles. The molecule has 0 bridgehead atoms. The third-order valence-corrected chi connectivity index (χ3v) is 3.79. The second-order valence-electron chi connectivity index (χ2n) is 6.07. The number of nitrogens with one attached hydrogen (secondary N) is 3. The van der Waals surface area contributed by atoms with E-state index in [1.807, 2.05) is 0 Å². The Morgan fingerprint density at radius 3 is 2.50 bits per heavy atom. The minimum absolute atomic E-state index is 0.252. The monoisotopic (exact) mass is 354 g/mol. The highest BCUT2D eigenvalue weighted by atomic mass is 16.5. The fourth-order valence-electron chi connectivity index (χ4n) is 2.33. The van der Waals surface area contributed by atoms with Gasteiger partial charge in [0.25, 0.3) is 5.91 Å². The van der Waals surface area contributed by atoms with E-state index in [-0.39, 0.29) is 18.0 Å². The molecule has 0 radical (unpaired) electrons. The largest absolute Gasteiger partial charge is 0.492 e. The van der Waals surface area contributed by atoms with Crippen molar-refractivity contribution >= 4 is 23.3 Å². The van der Waals surface area contributed by atoms with Gasteiger partial charge in [0, 0.05) is 29.5 Å². The van der Waals surface area contributed by atoms with Crippen molar-refractivity contribution in [2.75, 3.05) is 23.8 Å². The molecular formula is C19H22N4O3. The Bertz CT molecular complexity index is 773. The van der Waals surface area contributed by atoms with E-state index in [4.69, 9.17) is 10.5 Å². The number of amides is 3.